The molecule has 2 rings (SSSR count). The summed E-state index contributed by atoms with van der Waals surface area (Å²) in [4.78, 5) is 0. The van der Waals surface area contributed by atoms with Crippen LogP contribution in [-0.2, 0) is 6.54 Å². The Morgan fingerprint density at radius 2 is 2.06 bits per heavy atom. The van der Waals surface area contributed by atoms with E-state index >= 15 is 0 Å². The van der Waals surface area contributed by atoms with Crippen molar-refractivity contribution in [3.8, 4) is 11.5 Å². The molecular weight excluding hydrogens is 220 g/mol. The molecule has 1 aromatic carbocycles. The van der Waals surface area contributed by atoms with E-state index in [-0.39, 0.29) is 12.6 Å². The van der Waals surface area contributed by atoms with Gasteiger partial charge in [-0.1, -0.05) is 6.07 Å². The minimum atomic E-state index is -0.216. The normalized spacial score (nSPS) is 15.6. The van der Waals surface area contributed by atoms with Crippen LogP contribution in [0.1, 0.15) is 5.56 Å². The second-order valence-electron chi connectivity index (χ2n) is 4.05. The van der Waals surface area contributed by atoms with Gasteiger partial charge in [-0.05, 0) is 17.7 Å². The van der Waals surface area contributed by atoms with Gasteiger partial charge in [-0.2, -0.15) is 0 Å². The summed E-state index contributed by atoms with van der Waals surface area (Å²) in [5.41, 5.74) is 6.70. The number of hydrogen-bond donors (Lipinski definition) is 3. The molecule has 0 fully saturated rings. The van der Waals surface area contributed by atoms with Crippen molar-refractivity contribution in [2.75, 3.05) is 26.4 Å². The lowest BCUT2D eigenvalue weighted by Crippen LogP contribution is -2.36. The van der Waals surface area contributed by atoms with E-state index < -0.39 is 0 Å². The Morgan fingerprint density at radius 1 is 1.29 bits per heavy atom. The summed E-state index contributed by atoms with van der Waals surface area (Å²) in [6.07, 6.45) is 0. The van der Waals surface area contributed by atoms with Crippen molar-refractivity contribution >= 4 is 0 Å². The predicted molar refractivity (Wildman–Crippen MR) is 64.2 cm³/mol. The van der Waals surface area contributed by atoms with Crippen LogP contribution in [0.15, 0.2) is 18.2 Å². The van der Waals surface area contributed by atoms with Crippen LogP contribution in [0, 0.1) is 0 Å². The van der Waals surface area contributed by atoms with Crippen LogP contribution < -0.4 is 20.5 Å². The van der Waals surface area contributed by atoms with Crippen molar-refractivity contribution in [3.63, 3.8) is 0 Å². The van der Waals surface area contributed by atoms with Crippen LogP contribution in [0.2, 0.25) is 0 Å². The first-order chi connectivity index (χ1) is 8.29. The van der Waals surface area contributed by atoms with E-state index in [4.69, 9.17) is 20.3 Å². The van der Waals surface area contributed by atoms with Crippen LogP contribution >= 0.6 is 0 Å². The first kappa shape index (κ1) is 12.2. The highest BCUT2D eigenvalue weighted by Crippen LogP contribution is 2.30. The van der Waals surface area contributed by atoms with E-state index in [9.17, 15) is 0 Å². The SMILES string of the molecule is NC(CO)CNCc1ccc2c(c1)OCCO2. The summed E-state index contributed by atoms with van der Waals surface area (Å²) in [6.45, 7) is 2.48. The Hall–Kier alpha value is -1.30. The first-order valence-electron chi connectivity index (χ1n) is 5.75. The van der Waals surface area contributed by atoms with Crippen LogP contribution in [-0.4, -0.2) is 37.5 Å². The maximum absolute atomic E-state index is 8.79. The fraction of sp³-hybridized carbons (Fsp3) is 0.500. The zero-order valence-corrected chi connectivity index (χ0v) is 9.69. The molecule has 0 saturated carbocycles. The van der Waals surface area contributed by atoms with Gasteiger partial charge in [0.25, 0.3) is 0 Å². The van der Waals surface area contributed by atoms with Crippen molar-refractivity contribution in [1.29, 1.82) is 0 Å². The fourth-order valence-electron chi connectivity index (χ4n) is 1.66. The smallest absolute Gasteiger partial charge is 0.161 e. The van der Waals surface area contributed by atoms with Crippen molar-refractivity contribution in [1.82, 2.24) is 5.32 Å². The Balaban J connectivity index is 1.89. The third-order valence-corrected chi connectivity index (χ3v) is 2.58. The zero-order chi connectivity index (χ0) is 12.1. The summed E-state index contributed by atoms with van der Waals surface area (Å²) >= 11 is 0. The highest BCUT2D eigenvalue weighted by atomic mass is 16.6. The van der Waals surface area contributed by atoms with E-state index in [2.05, 4.69) is 5.32 Å². The number of aliphatic hydroxyl groups excluding tert-OH is 1. The van der Waals surface area contributed by atoms with Gasteiger partial charge in [0.2, 0.25) is 0 Å². The van der Waals surface area contributed by atoms with Crippen LogP contribution in [0.3, 0.4) is 0 Å². The second kappa shape index (κ2) is 5.86. The molecular formula is C12H18N2O3. The van der Waals surface area contributed by atoms with Crippen LogP contribution in [0.4, 0.5) is 0 Å². The number of nitrogens with one attached hydrogen (secondary N) is 1. The number of ether oxygens (including phenoxy) is 2. The van der Waals surface area contributed by atoms with E-state index in [1.54, 1.807) is 0 Å². The minimum Gasteiger partial charge on any atom is -0.486 e. The molecule has 5 heteroatoms. The number of nitrogens with two attached hydrogens (primary N) is 1. The summed E-state index contributed by atoms with van der Waals surface area (Å²) in [5, 5.41) is 12.0. The summed E-state index contributed by atoms with van der Waals surface area (Å²) in [7, 11) is 0. The minimum absolute atomic E-state index is 0.00581. The number of aliphatic hydroxyl groups is 1. The predicted octanol–water partition coefficient (Wildman–Crippen LogP) is -0.133. The van der Waals surface area contributed by atoms with Gasteiger partial charge in [0.15, 0.2) is 11.5 Å². The topological polar surface area (TPSA) is 76.7 Å². The molecule has 4 N–H and O–H groups in total. The largest absolute Gasteiger partial charge is 0.486 e. The Morgan fingerprint density at radius 3 is 2.82 bits per heavy atom. The second-order valence-corrected chi connectivity index (χ2v) is 4.05. The third kappa shape index (κ3) is 3.33. The molecule has 1 aliphatic heterocycles. The Labute approximate surface area is 101 Å². The maximum Gasteiger partial charge on any atom is 0.161 e. The van der Waals surface area contributed by atoms with Crippen molar-refractivity contribution in [2.45, 2.75) is 12.6 Å². The average Bonchev–Trinajstić information content (AvgIpc) is 2.38. The summed E-state index contributed by atoms with van der Waals surface area (Å²) < 4.78 is 10.9. The van der Waals surface area contributed by atoms with Gasteiger partial charge in [0, 0.05) is 19.1 Å². The number of benzene rings is 1. The van der Waals surface area contributed by atoms with E-state index in [0.717, 1.165) is 17.1 Å². The lowest BCUT2D eigenvalue weighted by molar-refractivity contribution is 0.171. The number of hydrogen-bond acceptors (Lipinski definition) is 5. The molecule has 1 atom stereocenters. The molecule has 5 nitrogen and oxygen atoms in total. The molecule has 0 spiro atoms. The van der Waals surface area contributed by atoms with Gasteiger partial charge in [-0.15, -0.1) is 0 Å². The summed E-state index contributed by atoms with van der Waals surface area (Å²) in [5.74, 6) is 1.59. The highest BCUT2D eigenvalue weighted by Gasteiger charge is 2.11. The molecule has 0 aliphatic carbocycles. The van der Waals surface area contributed by atoms with Crippen molar-refractivity contribution < 1.29 is 14.6 Å². The standard InChI is InChI=1S/C12H18N2O3/c13-10(8-15)7-14-6-9-1-2-11-12(5-9)17-4-3-16-11/h1-2,5,10,14-15H,3-4,6-8,13H2. The van der Waals surface area contributed by atoms with Crippen molar-refractivity contribution in [3.05, 3.63) is 23.8 Å². The van der Waals surface area contributed by atoms with Gasteiger partial charge in [0.1, 0.15) is 13.2 Å². The van der Waals surface area contributed by atoms with Crippen LogP contribution in [0.5, 0.6) is 11.5 Å². The molecule has 1 aliphatic rings. The lowest BCUT2D eigenvalue weighted by Gasteiger charge is -2.19. The molecule has 0 saturated heterocycles. The maximum atomic E-state index is 8.79. The van der Waals surface area contributed by atoms with Gasteiger partial charge < -0.3 is 25.6 Å². The molecule has 94 valence electrons. The molecule has 1 aromatic rings. The number of rotatable bonds is 5. The van der Waals surface area contributed by atoms with Gasteiger partial charge >= 0.3 is 0 Å². The molecule has 0 radical (unpaired) electrons. The molecule has 1 heterocycles. The van der Waals surface area contributed by atoms with Gasteiger partial charge in [-0.3, -0.25) is 0 Å². The van der Waals surface area contributed by atoms with E-state index in [1.165, 1.54) is 0 Å². The summed E-state index contributed by atoms with van der Waals surface area (Å²) in [6, 6.07) is 5.65. The van der Waals surface area contributed by atoms with E-state index in [0.29, 0.717) is 26.3 Å². The lowest BCUT2D eigenvalue weighted by atomic mass is 10.2. The average molecular weight is 238 g/mol. The van der Waals surface area contributed by atoms with Gasteiger partial charge in [0.05, 0.1) is 6.61 Å². The number of fused-ring (bicyclic) bond motifs is 1. The zero-order valence-electron chi connectivity index (χ0n) is 9.69. The van der Waals surface area contributed by atoms with Crippen molar-refractivity contribution in [2.24, 2.45) is 5.73 Å². The van der Waals surface area contributed by atoms with Gasteiger partial charge in [-0.25, -0.2) is 0 Å². The first-order valence-corrected chi connectivity index (χ1v) is 5.75. The molecule has 0 aromatic heterocycles. The Bertz CT molecular complexity index is 371. The van der Waals surface area contributed by atoms with E-state index in [1.807, 2.05) is 18.2 Å². The monoisotopic (exact) mass is 238 g/mol. The Kier molecular flexibility index (Phi) is 4.19. The molecule has 1 unspecified atom stereocenters. The molecule has 0 bridgehead atoms. The quantitative estimate of drug-likeness (QED) is 0.666. The third-order valence-electron chi connectivity index (χ3n) is 2.58. The molecule has 0 amide bonds. The molecule has 17 heavy (non-hydrogen) atoms. The van der Waals surface area contributed by atoms with Crippen LogP contribution in [0.25, 0.3) is 0 Å². The highest BCUT2D eigenvalue weighted by molar-refractivity contribution is 5.43. The fourth-order valence-corrected chi connectivity index (χ4v) is 1.66.